The van der Waals surface area contributed by atoms with Crippen LogP contribution in [0.15, 0.2) is 63.0 Å². The molecule has 1 amide bonds. The van der Waals surface area contributed by atoms with Crippen molar-refractivity contribution in [3.8, 4) is 0 Å². The van der Waals surface area contributed by atoms with E-state index in [0.29, 0.717) is 10.8 Å². The Kier molecular flexibility index (Phi) is 6.95. The summed E-state index contributed by atoms with van der Waals surface area (Å²) >= 11 is 0. The Bertz CT molecular complexity index is 1340. The van der Waals surface area contributed by atoms with Gasteiger partial charge in [0.25, 0.3) is 11.1 Å². The molecule has 10 heteroatoms. The summed E-state index contributed by atoms with van der Waals surface area (Å²) < 4.78 is 27.4. The van der Waals surface area contributed by atoms with Crippen molar-refractivity contribution in [2.45, 2.75) is 44.3 Å². The molecule has 170 valence electrons. The molecule has 0 atom stereocenters. The molecular formula is C22H26N4O5S. The molecule has 0 aliphatic heterocycles. The fraction of sp³-hybridized carbons (Fsp3) is 0.318. The first-order chi connectivity index (χ1) is 15.1. The summed E-state index contributed by atoms with van der Waals surface area (Å²) in [6, 6.07) is 12.7. The Balaban J connectivity index is 1.60. The van der Waals surface area contributed by atoms with E-state index in [0.717, 1.165) is 10.2 Å². The molecule has 3 aromatic rings. The van der Waals surface area contributed by atoms with E-state index in [4.69, 9.17) is 0 Å². The number of aryl methyl sites for hydroxylation is 1. The summed E-state index contributed by atoms with van der Waals surface area (Å²) in [5.41, 5.74) is -0.0179. The molecule has 3 rings (SSSR count). The number of nitrogens with zero attached hydrogens (tertiary/aromatic N) is 2. The smallest absolute Gasteiger partial charge is 0.273 e. The minimum atomic E-state index is -3.56. The monoisotopic (exact) mass is 458 g/mol. The van der Waals surface area contributed by atoms with Crippen LogP contribution in [0.25, 0.3) is 10.8 Å². The molecule has 0 aliphatic rings. The number of carbonyl (C=O) groups is 1. The van der Waals surface area contributed by atoms with Crippen LogP contribution >= 0.6 is 0 Å². The number of H-pyrrole nitrogens is 1. The maximum Gasteiger partial charge on any atom is 0.273 e. The standard InChI is InChI=1S/C22H26N4O5S/c1-15(2)25(3)32(30,31)17-10-8-16(9-11-17)14-23-20(27)12-13-26-22(29)19-7-5-4-6-18(19)21(28)24-26/h4-11,15H,12-14H2,1-3H3,(H,23,27)(H,24,28). The minimum absolute atomic E-state index is 0.000166. The molecule has 0 saturated carbocycles. The zero-order valence-electron chi connectivity index (χ0n) is 18.2. The highest BCUT2D eigenvalue weighted by atomic mass is 32.2. The van der Waals surface area contributed by atoms with Crippen molar-refractivity contribution in [3.05, 3.63) is 74.8 Å². The van der Waals surface area contributed by atoms with Crippen LogP contribution in [0.3, 0.4) is 0 Å². The molecule has 0 unspecified atom stereocenters. The molecule has 0 bridgehead atoms. The van der Waals surface area contributed by atoms with Gasteiger partial charge >= 0.3 is 0 Å². The second-order valence-electron chi connectivity index (χ2n) is 7.73. The Morgan fingerprint density at radius 3 is 2.31 bits per heavy atom. The molecule has 9 nitrogen and oxygen atoms in total. The van der Waals surface area contributed by atoms with Crippen LogP contribution in [0.5, 0.6) is 0 Å². The number of hydrogen-bond donors (Lipinski definition) is 2. The van der Waals surface area contributed by atoms with Gasteiger partial charge in [-0.25, -0.2) is 13.1 Å². The molecular weight excluding hydrogens is 432 g/mol. The lowest BCUT2D eigenvalue weighted by Gasteiger charge is -2.21. The van der Waals surface area contributed by atoms with Crippen LogP contribution < -0.4 is 16.4 Å². The van der Waals surface area contributed by atoms with Gasteiger partial charge in [-0.1, -0.05) is 24.3 Å². The van der Waals surface area contributed by atoms with Gasteiger partial charge in [0.05, 0.1) is 22.2 Å². The molecule has 0 saturated heterocycles. The number of amides is 1. The third kappa shape index (κ3) is 4.97. The summed E-state index contributed by atoms with van der Waals surface area (Å²) in [5, 5.41) is 5.84. The number of aromatic amines is 1. The highest BCUT2D eigenvalue weighted by molar-refractivity contribution is 7.89. The Hall–Kier alpha value is -3.24. The van der Waals surface area contributed by atoms with Gasteiger partial charge < -0.3 is 5.32 Å². The topological polar surface area (TPSA) is 121 Å². The zero-order valence-corrected chi connectivity index (χ0v) is 19.0. The van der Waals surface area contributed by atoms with Gasteiger partial charge in [-0.15, -0.1) is 0 Å². The SMILES string of the molecule is CC(C)N(C)S(=O)(=O)c1ccc(CNC(=O)CCn2[nH]c(=O)c3ccccc3c2=O)cc1. The van der Waals surface area contributed by atoms with E-state index in [9.17, 15) is 22.8 Å². The number of rotatable bonds is 8. The Labute approximate surface area is 185 Å². The van der Waals surface area contributed by atoms with E-state index in [1.807, 2.05) is 0 Å². The van der Waals surface area contributed by atoms with Crippen molar-refractivity contribution >= 4 is 26.7 Å². The first-order valence-electron chi connectivity index (χ1n) is 10.2. The number of fused-ring (bicyclic) bond motifs is 1. The number of aromatic nitrogens is 2. The molecule has 1 aromatic heterocycles. The zero-order chi connectivity index (χ0) is 23.5. The number of benzene rings is 2. The van der Waals surface area contributed by atoms with Gasteiger partial charge in [0.2, 0.25) is 15.9 Å². The quantitative estimate of drug-likeness (QED) is 0.529. The molecule has 32 heavy (non-hydrogen) atoms. The normalized spacial score (nSPS) is 11.9. The second kappa shape index (κ2) is 9.49. The maximum absolute atomic E-state index is 12.5. The summed E-state index contributed by atoms with van der Waals surface area (Å²) in [7, 11) is -2.03. The van der Waals surface area contributed by atoms with E-state index < -0.39 is 15.6 Å². The summed E-state index contributed by atoms with van der Waals surface area (Å²) in [6.07, 6.45) is -0.000166. The molecule has 0 fully saturated rings. The average Bonchev–Trinajstić information content (AvgIpc) is 2.78. The summed E-state index contributed by atoms with van der Waals surface area (Å²) in [5.74, 6) is -0.304. The molecule has 1 heterocycles. The molecule has 0 spiro atoms. The van der Waals surface area contributed by atoms with E-state index in [1.54, 1.807) is 50.2 Å². The van der Waals surface area contributed by atoms with Gasteiger partial charge in [0.1, 0.15) is 0 Å². The van der Waals surface area contributed by atoms with Crippen LogP contribution in [0, 0.1) is 0 Å². The fourth-order valence-corrected chi connectivity index (χ4v) is 4.50. The third-order valence-electron chi connectivity index (χ3n) is 5.26. The second-order valence-corrected chi connectivity index (χ2v) is 9.73. The molecule has 2 N–H and O–H groups in total. The van der Waals surface area contributed by atoms with Crippen molar-refractivity contribution in [1.29, 1.82) is 0 Å². The van der Waals surface area contributed by atoms with Gasteiger partial charge in [0.15, 0.2) is 0 Å². The van der Waals surface area contributed by atoms with E-state index >= 15 is 0 Å². The van der Waals surface area contributed by atoms with Crippen LogP contribution in [0.4, 0.5) is 0 Å². The highest BCUT2D eigenvalue weighted by Gasteiger charge is 2.22. The largest absolute Gasteiger partial charge is 0.352 e. The van der Waals surface area contributed by atoms with Gasteiger partial charge in [-0.05, 0) is 43.7 Å². The number of carbonyl (C=O) groups excluding carboxylic acids is 1. The van der Waals surface area contributed by atoms with E-state index in [-0.39, 0.29) is 41.9 Å². The lowest BCUT2D eigenvalue weighted by atomic mass is 10.2. The van der Waals surface area contributed by atoms with Gasteiger partial charge in [-0.2, -0.15) is 4.31 Å². The third-order valence-corrected chi connectivity index (χ3v) is 7.31. The molecule has 0 aliphatic carbocycles. The molecule has 2 aromatic carbocycles. The fourth-order valence-electron chi connectivity index (χ4n) is 3.13. The lowest BCUT2D eigenvalue weighted by molar-refractivity contribution is -0.121. The Morgan fingerprint density at radius 2 is 1.69 bits per heavy atom. The van der Waals surface area contributed by atoms with Crippen molar-refractivity contribution in [2.24, 2.45) is 0 Å². The van der Waals surface area contributed by atoms with Crippen molar-refractivity contribution in [1.82, 2.24) is 19.4 Å². The summed E-state index contributed by atoms with van der Waals surface area (Å²) in [4.78, 5) is 37.0. The first kappa shape index (κ1) is 23.4. The minimum Gasteiger partial charge on any atom is -0.352 e. The predicted molar refractivity (Wildman–Crippen MR) is 122 cm³/mol. The average molecular weight is 459 g/mol. The van der Waals surface area contributed by atoms with Crippen LogP contribution in [0.2, 0.25) is 0 Å². The van der Waals surface area contributed by atoms with Crippen molar-refractivity contribution in [2.75, 3.05) is 7.05 Å². The van der Waals surface area contributed by atoms with Crippen molar-refractivity contribution in [3.63, 3.8) is 0 Å². The summed E-state index contributed by atoms with van der Waals surface area (Å²) in [6.45, 7) is 3.83. The predicted octanol–water partition coefficient (Wildman–Crippen LogP) is 1.43. The Morgan fingerprint density at radius 1 is 1.06 bits per heavy atom. The maximum atomic E-state index is 12.5. The molecule has 0 radical (unpaired) electrons. The lowest BCUT2D eigenvalue weighted by Crippen LogP contribution is -2.33. The van der Waals surface area contributed by atoms with Crippen LogP contribution in [-0.4, -0.2) is 41.5 Å². The van der Waals surface area contributed by atoms with Crippen LogP contribution in [-0.2, 0) is 27.9 Å². The van der Waals surface area contributed by atoms with E-state index in [2.05, 4.69) is 10.4 Å². The van der Waals surface area contributed by atoms with Gasteiger partial charge in [-0.3, -0.25) is 19.5 Å². The van der Waals surface area contributed by atoms with Crippen LogP contribution in [0.1, 0.15) is 25.8 Å². The highest BCUT2D eigenvalue weighted by Crippen LogP contribution is 2.17. The number of hydrogen-bond acceptors (Lipinski definition) is 5. The van der Waals surface area contributed by atoms with Gasteiger partial charge in [0, 0.05) is 26.1 Å². The number of sulfonamides is 1. The first-order valence-corrected chi connectivity index (χ1v) is 11.6. The number of nitrogens with one attached hydrogen (secondary N) is 2. The van der Waals surface area contributed by atoms with Crippen molar-refractivity contribution < 1.29 is 13.2 Å². The van der Waals surface area contributed by atoms with E-state index in [1.165, 1.54) is 23.5 Å².